The van der Waals surface area contributed by atoms with Crippen LogP contribution in [0.2, 0.25) is 0 Å². The number of rotatable bonds is 6. The molecule has 1 N–H and O–H groups in total. The second-order valence-corrected chi connectivity index (χ2v) is 6.09. The summed E-state index contributed by atoms with van der Waals surface area (Å²) < 4.78 is 8.38. The van der Waals surface area contributed by atoms with E-state index in [1.54, 1.807) is 41.2 Å². The fraction of sp³-hybridized carbons (Fsp3) is 0.294. The molecule has 10 heteroatoms. The molecule has 0 fully saturated rings. The number of aromatic nitrogens is 6. The first-order valence-corrected chi connectivity index (χ1v) is 8.34. The van der Waals surface area contributed by atoms with E-state index in [-0.39, 0.29) is 6.04 Å². The van der Waals surface area contributed by atoms with Crippen molar-refractivity contribution < 1.29 is 14.3 Å². The zero-order chi connectivity index (χ0) is 19.4. The second-order valence-electron chi connectivity index (χ2n) is 6.09. The third kappa shape index (κ3) is 4.17. The maximum Gasteiger partial charge on any atom is 0.338 e. The molecule has 0 radical (unpaired) electrons. The lowest BCUT2D eigenvalue weighted by molar-refractivity contribution is -0.123. The Bertz CT molecular complexity index is 916. The van der Waals surface area contributed by atoms with E-state index in [4.69, 9.17) is 4.74 Å². The van der Waals surface area contributed by atoms with E-state index in [1.807, 2.05) is 13.8 Å². The summed E-state index contributed by atoms with van der Waals surface area (Å²) in [7, 11) is 0. The van der Waals surface area contributed by atoms with E-state index in [9.17, 15) is 9.59 Å². The number of esters is 1. The molecule has 1 amide bonds. The Kier molecular flexibility index (Phi) is 5.25. The van der Waals surface area contributed by atoms with Crippen molar-refractivity contribution in [3.8, 4) is 5.69 Å². The predicted molar refractivity (Wildman–Crippen MR) is 95.3 cm³/mol. The summed E-state index contributed by atoms with van der Waals surface area (Å²) in [6, 6.07) is 8.30. The minimum absolute atomic E-state index is 0.0897. The number of tetrazole rings is 1. The van der Waals surface area contributed by atoms with Crippen LogP contribution in [0.25, 0.3) is 5.69 Å². The van der Waals surface area contributed by atoms with Crippen molar-refractivity contribution in [3.63, 3.8) is 0 Å². The van der Waals surface area contributed by atoms with Crippen LogP contribution in [0, 0.1) is 0 Å². The number of benzene rings is 1. The lowest BCUT2D eigenvalue weighted by Crippen LogP contribution is -2.31. The van der Waals surface area contributed by atoms with Crippen LogP contribution in [0.3, 0.4) is 0 Å². The molecule has 0 saturated heterocycles. The summed E-state index contributed by atoms with van der Waals surface area (Å²) in [4.78, 5) is 24.6. The van der Waals surface area contributed by atoms with Gasteiger partial charge in [0.1, 0.15) is 12.1 Å². The summed E-state index contributed by atoms with van der Waals surface area (Å²) in [6.45, 7) is 5.41. The summed E-state index contributed by atoms with van der Waals surface area (Å²) >= 11 is 0. The van der Waals surface area contributed by atoms with Crippen molar-refractivity contribution in [1.82, 2.24) is 30.0 Å². The van der Waals surface area contributed by atoms with Gasteiger partial charge in [-0.1, -0.05) is 0 Å². The molecule has 3 rings (SSSR count). The smallest absolute Gasteiger partial charge is 0.338 e. The summed E-state index contributed by atoms with van der Waals surface area (Å²) in [6.07, 6.45) is 2.08. The Hall–Kier alpha value is -3.56. The molecular weight excluding hydrogens is 350 g/mol. The van der Waals surface area contributed by atoms with Crippen LogP contribution in [-0.2, 0) is 9.53 Å². The number of hydrogen-bond acceptors (Lipinski definition) is 7. The highest BCUT2D eigenvalue weighted by Gasteiger charge is 2.20. The fourth-order valence-electron chi connectivity index (χ4n) is 2.36. The highest BCUT2D eigenvalue weighted by atomic mass is 16.5. The predicted octanol–water partition coefficient (Wildman–Crippen LogP) is 1.62. The number of ether oxygens (including phenoxy) is 1. The zero-order valence-electron chi connectivity index (χ0n) is 15.1. The van der Waals surface area contributed by atoms with Gasteiger partial charge in [0.05, 0.1) is 17.4 Å². The highest BCUT2D eigenvalue weighted by molar-refractivity contribution is 5.96. The first-order valence-electron chi connectivity index (χ1n) is 8.34. The molecular formula is C17H19N7O3. The standard InChI is InChI=1S/C17H19N7O3/c1-11(2)24-15(8-9-19-24)20-16(25)12(3)27-17(26)13-4-6-14(7-5-13)23-10-18-21-22-23/h4-12H,1-3H3,(H,20,25)/t12-/m0/s1. The van der Waals surface area contributed by atoms with E-state index >= 15 is 0 Å². The van der Waals surface area contributed by atoms with Gasteiger partial charge < -0.3 is 10.1 Å². The summed E-state index contributed by atoms with van der Waals surface area (Å²) in [5.74, 6) is -0.488. The number of hydrogen-bond donors (Lipinski definition) is 1. The van der Waals surface area contributed by atoms with Crippen molar-refractivity contribution in [3.05, 3.63) is 48.4 Å². The number of carbonyl (C=O) groups is 2. The van der Waals surface area contributed by atoms with Crippen LogP contribution >= 0.6 is 0 Å². The lowest BCUT2D eigenvalue weighted by Gasteiger charge is -2.15. The number of amides is 1. The zero-order valence-corrected chi connectivity index (χ0v) is 15.1. The lowest BCUT2D eigenvalue weighted by atomic mass is 10.2. The highest BCUT2D eigenvalue weighted by Crippen LogP contribution is 2.14. The van der Waals surface area contributed by atoms with Gasteiger partial charge in [-0.3, -0.25) is 4.79 Å². The monoisotopic (exact) mass is 369 g/mol. The molecule has 10 nitrogen and oxygen atoms in total. The fourth-order valence-corrected chi connectivity index (χ4v) is 2.36. The second kappa shape index (κ2) is 7.77. The molecule has 27 heavy (non-hydrogen) atoms. The van der Waals surface area contributed by atoms with Crippen LogP contribution in [0.1, 0.15) is 37.2 Å². The van der Waals surface area contributed by atoms with Gasteiger partial charge in [0, 0.05) is 12.1 Å². The van der Waals surface area contributed by atoms with E-state index in [0.29, 0.717) is 17.1 Å². The average molecular weight is 369 g/mol. The van der Waals surface area contributed by atoms with Gasteiger partial charge in [-0.15, -0.1) is 5.10 Å². The Morgan fingerprint density at radius 2 is 1.85 bits per heavy atom. The van der Waals surface area contributed by atoms with E-state index in [0.717, 1.165) is 0 Å². The van der Waals surface area contributed by atoms with Gasteiger partial charge in [-0.25, -0.2) is 14.2 Å². The number of nitrogens with zero attached hydrogens (tertiary/aromatic N) is 6. The quantitative estimate of drug-likeness (QED) is 0.656. The Morgan fingerprint density at radius 3 is 2.48 bits per heavy atom. The number of anilines is 1. The largest absolute Gasteiger partial charge is 0.449 e. The molecule has 0 saturated carbocycles. The molecule has 0 aliphatic carbocycles. The van der Waals surface area contributed by atoms with Crippen molar-refractivity contribution in [2.45, 2.75) is 32.9 Å². The molecule has 0 spiro atoms. The van der Waals surface area contributed by atoms with Crippen molar-refractivity contribution in [1.29, 1.82) is 0 Å². The third-order valence-electron chi connectivity index (χ3n) is 3.78. The van der Waals surface area contributed by atoms with Crippen LogP contribution in [0.15, 0.2) is 42.9 Å². The summed E-state index contributed by atoms with van der Waals surface area (Å²) in [5.41, 5.74) is 1.02. The minimum Gasteiger partial charge on any atom is -0.449 e. The maximum atomic E-state index is 12.3. The molecule has 140 valence electrons. The van der Waals surface area contributed by atoms with Crippen LogP contribution in [0.4, 0.5) is 5.82 Å². The van der Waals surface area contributed by atoms with Crippen molar-refractivity contribution in [2.24, 2.45) is 0 Å². The molecule has 0 unspecified atom stereocenters. The SMILES string of the molecule is CC(C)n1nccc1NC(=O)[C@H](C)OC(=O)c1ccc(-n2cnnn2)cc1. The van der Waals surface area contributed by atoms with Gasteiger partial charge >= 0.3 is 5.97 Å². The van der Waals surface area contributed by atoms with E-state index in [2.05, 4.69) is 25.9 Å². The maximum absolute atomic E-state index is 12.3. The normalized spacial score (nSPS) is 12.0. The molecule has 1 atom stereocenters. The van der Waals surface area contributed by atoms with Crippen LogP contribution in [0.5, 0.6) is 0 Å². The first-order chi connectivity index (χ1) is 13.0. The van der Waals surface area contributed by atoms with Crippen molar-refractivity contribution in [2.75, 3.05) is 5.32 Å². The van der Waals surface area contributed by atoms with Crippen LogP contribution < -0.4 is 5.32 Å². The van der Waals surface area contributed by atoms with Gasteiger partial charge in [0.2, 0.25) is 0 Å². The van der Waals surface area contributed by atoms with E-state index < -0.39 is 18.0 Å². The Balaban J connectivity index is 1.61. The molecule has 2 aromatic heterocycles. The molecule has 0 bridgehead atoms. The Labute approximate surface area is 155 Å². The number of nitrogens with one attached hydrogen (secondary N) is 1. The van der Waals surface area contributed by atoms with Gasteiger partial charge in [-0.2, -0.15) is 5.10 Å². The third-order valence-corrected chi connectivity index (χ3v) is 3.78. The summed E-state index contributed by atoms with van der Waals surface area (Å²) in [5, 5.41) is 17.7. The molecule has 2 heterocycles. The average Bonchev–Trinajstić information content (AvgIpc) is 3.33. The topological polar surface area (TPSA) is 117 Å². The van der Waals surface area contributed by atoms with Gasteiger partial charge in [0.15, 0.2) is 6.10 Å². The Morgan fingerprint density at radius 1 is 1.11 bits per heavy atom. The van der Waals surface area contributed by atoms with Crippen molar-refractivity contribution >= 4 is 17.7 Å². The molecule has 0 aliphatic rings. The first kappa shape index (κ1) is 18.2. The van der Waals surface area contributed by atoms with Gasteiger partial charge in [0.25, 0.3) is 5.91 Å². The molecule has 0 aliphatic heterocycles. The molecule has 1 aromatic carbocycles. The molecule has 3 aromatic rings. The number of carbonyl (C=O) groups excluding carboxylic acids is 2. The van der Waals surface area contributed by atoms with E-state index in [1.165, 1.54) is 17.9 Å². The van der Waals surface area contributed by atoms with Crippen LogP contribution in [-0.4, -0.2) is 48.0 Å². The minimum atomic E-state index is -0.966. The van der Waals surface area contributed by atoms with Gasteiger partial charge in [-0.05, 0) is 55.5 Å².